The molecular formula is C14H15NO2. The van der Waals surface area contributed by atoms with Gasteiger partial charge in [0, 0.05) is 21.8 Å². The molecule has 1 heterocycles. The van der Waals surface area contributed by atoms with Gasteiger partial charge in [-0.1, -0.05) is 13.8 Å². The second kappa shape index (κ2) is 4.37. The number of hydrogen-bond acceptors (Lipinski definition) is 2. The van der Waals surface area contributed by atoms with Gasteiger partial charge >= 0.3 is 0 Å². The fourth-order valence-corrected chi connectivity index (χ4v) is 1.87. The van der Waals surface area contributed by atoms with Crippen LogP contribution in [-0.2, 0) is 0 Å². The molecule has 0 saturated carbocycles. The van der Waals surface area contributed by atoms with Gasteiger partial charge in [-0.05, 0) is 36.4 Å². The molecule has 0 saturated heterocycles. The van der Waals surface area contributed by atoms with E-state index in [-0.39, 0.29) is 11.5 Å². The predicted molar refractivity (Wildman–Crippen MR) is 70.5 cm³/mol. The van der Waals surface area contributed by atoms with Gasteiger partial charge in [-0.15, -0.1) is 0 Å². The van der Waals surface area contributed by atoms with Crippen LogP contribution in [0.2, 0.25) is 0 Å². The highest BCUT2D eigenvalue weighted by Gasteiger charge is 2.05. The maximum Gasteiger partial charge on any atom is 0.116 e. The van der Waals surface area contributed by atoms with Crippen molar-refractivity contribution in [3.63, 3.8) is 0 Å². The third kappa shape index (κ3) is 1.91. The highest BCUT2D eigenvalue weighted by molar-refractivity contribution is 6.08. The van der Waals surface area contributed by atoms with E-state index in [2.05, 4.69) is 4.98 Å². The van der Waals surface area contributed by atoms with Crippen molar-refractivity contribution in [2.24, 2.45) is 0 Å². The van der Waals surface area contributed by atoms with E-state index in [1.54, 1.807) is 24.3 Å². The molecule has 0 spiro atoms. The molecule has 88 valence electrons. The lowest BCUT2D eigenvalue weighted by molar-refractivity contribution is 0.475. The Bertz CT molecular complexity index is 599. The predicted octanol–water partition coefficient (Wildman–Crippen LogP) is 3.76. The maximum atomic E-state index is 9.40. The second-order valence-electron chi connectivity index (χ2n) is 3.58. The molecule has 3 heteroatoms. The van der Waals surface area contributed by atoms with E-state index in [1.807, 2.05) is 26.0 Å². The zero-order chi connectivity index (χ0) is 12.4. The molecule has 0 atom stereocenters. The monoisotopic (exact) mass is 229 g/mol. The minimum Gasteiger partial charge on any atom is -0.508 e. The van der Waals surface area contributed by atoms with Crippen LogP contribution in [0.15, 0.2) is 36.4 Å². The Morgan fingerprint density at radius 2 is 1.18 bits per heavy atom. The minimum absolute atomic E-state index is 0.228. The summed E-state index contributed by atoms with van der Waals surface area (Å²) >= 11 is 0. The molecule has 0 amide bonds. The Labute approximate surface area is 99.3 Å². The van der Waals surface area contributed by atoms with E-state index in [9.17, 15) is 10.2 Å². The van der Waals surface area contributed by atoms with Gasteiger partial charge < -0.3 is 15.2 Å². The largest absolute Gasteiger partial charge is 0.508 e. The highest BCUT2D eigenvalue weighted by Crippen LogP contribution is 2.30. The highest BCUT2D eigenvalue weighted by atomic mass is 16.3. The van der Waals surface area contributed by atoms with Crippen molar-refractivity contribution < 1.29 is 10.2 Å². The second-order valence-corrected chi connectivity index (χ2v) is 3.58. The Kier molecular flexibility index (Phi) is 2.91. The van der Waals surface area contributed by atoms with E-state index >= 15 is 0 Å². The fraction of sp³-hybridized carbons (Fsp3) is 0.143. The summed E-state index contributed by atoms with van der Waals surface area (Å²) in [5.74, 6) is 0.457. The van der Waals surface area contributed by atoms with Crippen molar-refractivity contribution in [3.8, 4) is 11.5 Å². The van der Waals surface area contributed by atoms with E-state index in [1.165, 1.54) is 0 Å². The van der Waals surface area contributed by atoms with Gasteiger partial charge in [0.1, 0.15) is 11.5 Å². The van der Waals surface area contributed by atoms with Crippen molar-refractivity contribution in [2.75, 3.05) is 0 Å². The van der Waals surface area contributed by atoms with E-state index in [0.717, 1.165) is 21.8 Å². The molecule has 0 fully saturated rings. The molecule has 2 aromatic carbocycles. The zero-order valence-corrected chi connectivity index (χ0v) is 9.86. The first-order chi connectivity index (χ1) is 8.24. The standard InChI is InChI=1S/C12H9NO2.C2H6/c14-7-1-3-11-9(5-7)10-6-8(15)2-4-12(10)13-11;1-2/h1-6,13-15H;1-2H3. The van der Waals surface area contributed by atoms with Crippen LogP contribution in [0.1, 0.15) is 13.8 Å². The Morgan fingerprint density at radius 3 is 1.59 bits per heavy atom. The number of aromatic hydroxyl groups is 2. The first-order valence-electron chi connectivity index (χ1n) is 5.67. The first-order valence-corrected chi connectivity index (χ1v) is 5.67. The van der Waals surface area contributed by atoms with Gasteiger partial charge in [-0.2, -0.15) is 0 Å². The lowest BCUT2D eigenvalue weighted by Gasteiger charge is -1.93. The van der Waals surface area contributed by atoms with Crippen molar-refractivity contribution in [1.82, 2.24) is 4.98 Å². The number of aromatic nitrogens is 1. The molecule has 17 heavy (non-hydrogen) atoms. The number of rotatable bonds is 0. The molecule has 0 bridgehead atoms. The average molecular weight is 229 g/mol. The topological polar surface area (TPSA) is 56.2 Å². The lowest BCUT2D eigenvalue weighted by Crippen LogP contribution is -1.67. The molecule has 3 nitrogen and oxygen atoms in total. The number of phenolic OH excluding ortho intramolecular Hbond substituents is 2. The number of H-pyrrole nitrogens is 1. The van der Waals surface area contributed by atoms with Crippen LogP contribution in [0.25, 0.3) is 21.8 Å². The molecule has 1 aromatic heterocycles. The maximum absolute atomic E-state index is 9.40. The van der Waals surface area contributed by atoms with E-state index in [4.69, 9.17) is 0 Å². The van der Waals surface area contributed by atoms with Crippen molar-refractivity contribution in [3.05, 3.63) is 36.4 Å². The molecule has 3 N–H and O–H groups in total. The third-order valence-corrected chi connectivity index (χ3v) is 2.57. The quantitative estimate of drug-likeness (QED) is 0.549. The summed E-state index contributed by atoms with van der Waals surface area (Å²) in [7, 11) is 0. The van der Waals surface area contributed by atoms with Crippen LogP contribution < -0.4 is 0 Å². The van der Waals surface area contributed by atoms with Crippen molar-refractivity contribution in [2.45, 2.75) is 13.8 Å². The summed E-state index contributed by atoms with van der Waals surface area (Å²) in [6, 6.07) is 10.3. The lowest BCUT2D eigenvalue weighted by atomic mass is 10.1. The van der Waals surface area contributed by atoms with Crippen LogP contribution in [0.4, 0.5) is 0 Å². The summed E-state index contributed by atoms with van der Waals surface area (Å²) in [6.45, 7) is 4.00. The number of aromatic amines is 1. The molecule has 3 rings (SSSR count). The molecule has 0 aliphatic rings. The molecule has 0 radical (unpaired) electrons. The van der Waals surface area contributed by atoms with Crippen LogP contribution in [0, 0.1) is 0 Å². The van der Waals surface area contributed by atoms with Crippen LogP contribution in [0.5, 0.6) is 11.5 Å². The van der Waals surface area contributed by atoms with Gasteiger partial charge in [0.25, 0.3) is 0 Å². The smallest absolute Gasteiger partial charge is 0.116 e. The van der Waals surface area contributed by atoms with Gasteiger partial charge in [-0.25, -0.2) is 0 Å². The Balaban J connectivity index is 0.000000514. The van der Waals surface area contributed by atoms with Gasteiger partial charge in [0.2, 0.25) is 0 Å². The van der Waals surface area contributed by atoms with Crippen LogP contribution >= 0.6 is 0 Å². The zero-order valence-electron chi connectivity index (χ0n) is 9.86. The number of benzene rings is 2. The summed E-state index contributed by atoms with van der Waals surface area (Å²) in [5, 5.41) is 20.6. The first kappa shape index (κ1) is 11.3. The number of nitrogens with one attached hydrogen (secondary N) is 1. The summed E-state index contributed by atoms with van der Waals surface area (Å²) in [4.78, 5) is 3.21. The summed E-state index contributed by atoms with van der Waals surface area (Å²) in [6.07, 6.45) is 0. The third-order valence-electron chi connectivity index (χ3n) is 2.57. The molecule has 0 aliphatic carbocycles. The van der Waals surface area contributed by atoms with Crippen molar-refractivity contribution >= 4 is 21.8 Å². The van der Waals surface area contributed by atoms with Gasteiger partial charge in [0.05, 0.1) is 0 Å². The van der Waals surface area contributed by atoms with E-state index in [0.29, 0.717) is 0 Å². The SMILES string of the molecule is CC.Oc1ccc2[nH]c3ccc(O)cc3c2c1. The summed E-state index contributed by atoms with van der Waals surface area (Å²) in [5.41, 5.74) is 1.90. The molecule has 0 aliphatic heterocycles. The minimum atomic E-state index is 0.228. The average Bonchev–Trinajstić information content (AvgIpc) is 2.69. The fourth-order valence-electron chi connectivity index (χ4n) is 1.87. The Hall–Kier alpha value is -2.16. The van der Waals surface area contributed by atoms with Gasteiger partial charge in [0.15, 0.2) is 0 Å². The van der Waals surface area contributed by atoms with Crippen molar-refractivity contribution in [1.29, 1.82) is 0 Å². The van der Waals surface area contributed by atoms with Crippen LogP contribution in [-0.4, -0.2) is 15.2 Å². The molecular weight excluding hydrogens is 214 g/mol. The van der Waals surface area contributed by atoms with Gasteiger partial charge in [-0.3, -0.25) is 0 Å². The number of fused-ring (bicyclic) bond motifs is 3. The number of hydrogen-bond donors (Lipinski definition) is 3. The number of phenols is 2. The molecule has 3 aromatic rings. The summed E-state index contributed by atoms with van der Waals surface area (Å²) < 4.78 is 0. The van der Waals surface area contributed by atoms with Crippen LogP contribution in [0.3, 0.4) is 0 Å². The Morgan fingerprint density at radius 1 is 0.765 bits per heavy atom. The molecule has 0 unspecified atom stereocenters. The normalized spacial score (nSPS) is 10.2. The van der Waals surface area contributed by atoms with E-state index < -0.39 is 0 Å².